The lowest BCUT2D eigenvalue weighted by Gasteiger charge is -2.24. The zero-order valence-electron chi connectivity index (χ0n) is 10.1. The molecule has 0 fully saturated rings. The van der Waals surface area contributed by atoms with E-state index >= 15 is 0 Å². The Morgan fingerprint density at radius 3 is 2.40 bits per heavy atom. The lowest BCUT2D eigenvalue weighted by Crippen LogP contribution is -2.32. The first-order chi connectivity index (χ1) is 6.99. The van der Waals surface area contributed by atoms with Gasteiger partial charge < -0.3 is 15.7 Å². The minimum Gasteiger partial charge on any atom is -0.480 e. The highest BCUT2D eigenvalue weighted by Gasteiger charge is 2.11. The Bertz CT molecular complexity index is 183. The molecule has 0 saturated heterocycles. The first-order valence-electron chi connectivity index (χ1n) is 5.71. The molecule has 4 nitrogen and oxygen atoms in total. The Labute approximate surface area is 92.4 Å². The maximum atomic E-state index is 10.5. The summed E-state index contributed by atoms with van der Waals surface area (Å²) in [5, 5.41) is 8.59. The van der Waals surface area contributed by atoms with Crippen molar-refractivity contribution in [1.82, 2.24) is 4.90 Å². The molecule has 0 amide bonds. The van der Waals surface area contributed by atoms with E-state index in [2.05, 4.69) is 25.7 Å². The third-order valence-corrected chi connectivity index (χ3v) is 2.66. The average Bonchev–Trinajstić information content (AvgIpc) is 2.16. The van der Waals surface area contributed by atoms with Crippen LogP contribution in [0.4, 0.5) is 0 Å². The number of unbranched alkanes of at least 4 members (excludes halogenated alkanes) is 1. The molecule has 0 spiro atoms. The number of nitrogens with two attached hydrogens (primary N) is 1. The number of carboxylic acid groups (broad SMARTS) is 1. The molecule has 0 unspecified atom stereocenters. The summed E-state index contributed by atoms with van der Waals surface area (Å²) in [4.78, 5) is 12.8. The van der Waals surface area contributed by atoms with Gasteiger partial charge in [-0.25, -0.2) is 0 Å². The Morgan fingerprint density at radius 1 is 1.40 bits per heavy atom. The molecule has 0 saturated carbocycles. The van der Waals surface area contributed by atoms with Crippen LogP contribution in [0.3, 0.4) is 0 Å². The average molecular weight is 216 g/mol. The van der Waals surface area contributed by atoms with Crippen molar-refractivity contribution < 1.29 is 9.90 Å². The number of aliphatic carboxylic acids is 1. The second-order valence-electron chi connectivity index (χ2n) is 4.16. The number of nitrogens with zero attached hydrogens (tertiary/aromatic N) is 1. The van der Waals surface area contributed by atoms with Crippen molar-refractivity contribution in [3.05, 3.63) is 0 Å². The summed E-state index contributed by atoms with van der Waals surface area (Å²) in [6.07, 6.45) is 2.48. The van der Waals surface area contributed by atoms with Gasteiger partial charge in [-0.15, -0.1) is 0 Å². The van der Waals surface area contributed by atoms with Crippen LogP contribution < -0.4 is 5.73 Å². The summed E-state index contributed by atoms with van der Waals surface area (Å²) in [7, 11) is 0. The smallest absolute Gasteiger partial charge is 0.320 e. The predicted molar refractivity (Wildman–Crippen MR) is 61.8 cm³/mol. The molecule has 90 valence electrons. The third-order valence-electron chi connectivity index (χ3n) is 2.66. The fraction of sp³-hybridized carbons (Fsp3) is 0.909. The number of carbonyl (C=O) groups is 1. The molecule has 4 heteroatoms. The van der Waals surface area contributed by atoms with Gasteiger partial charge in [0, 0.05) is 6.04 Å². The van der Waals surface area contributed by atoms with E-state index < -0.39 is 12.0 Å². The van der Waals surface area contributed by atoms with Gasteiger partial charge in [0.1, 0.15) is 6.04 Å². The molecule has 0 aromatic heterocycles. The van der Waals surface area contributed by atoms with Gasteiger partial charge in [0.2, 0.25) is 0 Å². The highest BCUT2D eigenvalue weighted by atomic mass is 16.4. The van der Waals surface area contributed by atoms with E-state index in [1.54, 1.807) is 0 Å². The molecule has 0 heterocycles. The van der Waals surface area contributed by atoms with Crippen molar-refractivity contribution >= 4 is 5.97 Å². The molecular formula is C11H24N2O2. The van der Waals surface area contributed by atoms with Gasteiger partial charge in [0.15, 0.2) is 0 Å². The summed E-state index contributed by atoms with van der Waals surface area (Å²) in [6.45, 7) is 8.56. The second-order valence-corrected chi connectivity index (χ2v) is 4.16. The Hall–Kier alpha value is -0.610. The minimum atomic E-state index is -0.897. The van der Waals surface area contributed by atoms with Gasteiger partial charge in [-0.1, -0.05) is 13.3 Å². The molecule has 0 aromatic carbocycles. The van der Waals surface area contributed by atoms with Crippen LogP contribution in [-0.4, -0.2) is 41.1 Å². The normalized spacial score (nSPS) is 13.5. The van der Waals surface area contributed by atoms with Crippen molar-refractivity contribution in [1.29, 1.82) is 0 Å². The molecule has 0 aromatic rings. The highest BCUT2D eigenvalue weighted by molar-refractivity contribution is 5.72. The molecule has 0 aliphatic heterocycles. The lowest BCUT2D eigenvalue weighted by atomic mass is 10.1. The molecule has 3 N–H and O–H groups in total. The molecular weight excluding hydrogens is 192 g/mol. The highest BCUT2D eigenvalue weighted by Crippen LogP contribution is 2.04. The van der Waals surface area contributed by atoms with Crippen LogP contribution in [0.15, 0.2) is 0 Å². The Kier molecular flexibility index (Phi) is 7.34. The molecule has 0 aliphatic rings. The number of hydrogen-bond acceptors (Lipinski definition) is 3. The van der Waals surface area contributed by atoms with Crippen LogP contribution >= 0.6 is 0 Å². The van der Waals surface area contributed by atoms with Crippen molar-refractivity contribution in [3.63, 3.8) is 0 Å². The maximum absolute atomic E-state index is 10.5. The van der Waals surface area contributed by atoms with Gasteiger partial charge in [-0.3, -0.25) is 4.79 Å². The SMILES string of the molecule is CCN(CCCC[C@H](N)C(=O)O)C(C)C. The topological polar surface area (TPSA) is 66.6 Å². The van der Waals surface area contributed by atoms with Crippen molar-refractivity contribution in [2.24, 2.45) is 5.73 Å². The fourth-order valence-electron chi connectivity index (χ4n) is 1.58. The first-order valence-corrected chi connectivity index (χ1v) is 5.71. The molecule has 15 heavy (non-hydrogen) atoms. The van der Waals surface area contributed by atoms with Crippen molar-refractivity contribution in [2.75, 3.05) is 13.1 Å². The van der Waals surface area contributed by atoms with Crippen LogP contribution in [-0.2, 0) is 4.79 Å². The van der Waals surface area contributed by atoms with E-state index in [1.807, 2.05) is 0 Å². The standard InChI is InChI=1S/C11H24N2O2/c1-4-13(9(2)3)8-6-5-7-10(12)11(14)15/h9-10H,4-8,12H2,1-3H3,(H,14,15)/t10-/m0/s1. The fourth-order valence-corrected chi connectivity index (χ4v) is 1.58. The third kappa shape index (κ3) is 6.47. The number of carboxylic acids is 1. The van der Waals surface area contributed by atoms with Gasteiger partial charge in [-0.05, 0) is 39.8 Å². The van der Waals surface area contributed by atoms with Crippen molar-refractivity contribution in [2.45, 2.75) is 52.1 Å². The van der Waals surface area contributed by atoms with E-state index in [0.29, 0.717) is 12.5 Å². The van der Waals surface area contributed by atoms with E-state index in [4.69, 9.17) is 10.8 Å². The van der Waals surface area contributed by atoms with E-state index in [-0.39, 0.29) is 0 Å². The van der Waals surface area contributed by atoms with Crippen LogP contribution in [0, 0.1) is 0 Å². The summed E-state index contributed by atoms with van der Waals surface area (Å²) in [6, 6.07) is -0.137. The van der Waals surface area contributed by atoms with Gasteiger partial charge in [0.25, 0.3) is 0 Å². The monoisotopic (exact) mass is 216 g/mol. The van der Waals surface area contributed by atoms with Gasteiger partial charge >= 0.3 is 5.97 Å². The summed E-state index contributed by atoms with van der Waals surface area (Å²) in [5.74, 6) is -0.897. The molecule has 0 radical (unpaired) electrons. The molecule has 1 atom stereocenters. The number of rotatable bonds is 8. The van der Waals surface area contributed by atoms with E-state index in [9.17, 15) is 4.79 Å². The number of hydrogen-bond donors (Lipinski definition) is 2. The minimum absolute atomic E-state index is 0.558. The van der Waals surface area contributed by atoms with Gasteiger partial charge in [0.05, 0.1) is 0 Å². The van der Waals surface area contributed by atoms with E-state index in [1.165, 1.54) is 0 Å². The van der Waals surface area contributed by atoms with E-state index in [0.717, 1.165) is 25.9 Å². The maximum Gasteiger partial charge on any atom is 0.320 e. The zero-order valence-corrected chi connectivity index (χ0v) is 10.1. The molecule has 0 bridgehead atoms. The van der Waals surface area contributed by atoms with Crippen LogP contribution in [0.5, 0.6) is 0 Å². The summed E-state index contributed by atoms with van der Waals surface area (Å²) in [5.41, 5.74) is 5.41. The predicted octanol–water partition coefficient (Wildman–Crippen LogP) is 1.30. The lowest BCUT2D eigenvalue weighted by molar-refractivity contribution is -0.138. The van der Waals surface area contributed by atoms with Crippen LogP contribution in [0.1, 0.15) is 40.0 Å². The first kappa shape index (κ1) is 14.4. The zero-order chi connectivity index (χ0) is 11.8. The van der Waals surface area contributed by atoms with Crippen LogP contribution in [0.25, 0.3) is 0 Å². The van der Waals surface area contributed by atoms with Crippen LogP contribution in [0.2, 0.25) is 0 Å². The summed E-state index contributed by atoms with van der Waals surface area (Å²) < 4.78 is 0. The summed E-state index contributed by atoms with van der Waals surface area (Å²) >= 11 is 0. The Morgan fingerprint density at radius 2 is 2.00 bits per heavy atom. The largest absolute Gasteiger partial charge is 0.480 e. The second kappa shape index (κ2) is 7.65. The quantitative estimate of drug-likeness (QED) is 0.600. The van der Waals surface area contributed by atoms with Crippen molar-refractivity contribution in [3.8, 4) is 0 Å². The molecule has 0 rings (SSSR count). The van der Waals surface area contributed by atoms with Gasteiger partial charge in [-0.2, -0.15) is 0 Å². The molecule has 0 aliphatic carbocycles. The Balaban J connectivity index is 3.57.